The SMILES string of the molecule is C1=COON=C1.c1ccc2cc3ccccc3cc2c1. The third kappa shape index (κ3) is 2.78. The molecule has 4 rings (SSSR count). The standard InChI is InChI=1S/C14H10.C3H3NO2/c1-2-6-12-10-14-8-4-3-7-13(14)9-11(12)5-1;1-2-4-6-5-3-1/h1-10H;1-3H. The van der Waals surface area contributed by atoms with Crippen molar-refractivity contribution in [3.63, 3.8) is 0 Å². The van der Waals surface area contributed by atoms with E-state index < -0.39 is 0 Å². The lowest BCUT2D eigenvalue weighted by molar-refractivity contribution is -0.251. The molecule has 3 aromatic carbocycles. The molecule has 0 aliphatic carbocycles. The van der Waals surface area contributed by atoms with Gasteiger partial charge in [0.25, 0.3) is 0 Å². The van der Waals surface area contributed by atoms with Crippen LogP contribution in [-0.2, 0) is 9.88 Å². The Kier molecular flexibility index (Phi) is 3.60. The Hall–Kier alpha value is -2.81. The van der Waals surface area contributed by atoms with Gasteiger partial charge in [0.05, 0.1) is 6.21 Å². The number of rotatable bonds is 0. The van der Waals surface area contributed by atoms with Gasteiger partial charge in [0, 0.05) is 0 Å². The van der Waals surface area contributed by atoms with Gasteiger partial charge in [-0.05, 0) is 44.9 Å². The van der Waals surface area contributed by atoms with Crippen molar-refractivity contribution in [1.29, 1.82) is 0 Å². The van der Waals surface area contributed by atoms with Gasteiger partial charge >= 0.3 is 0 Å². The normalized spacial score (nSPS) is 12.4. The average Bonchev–Trinajstić information content (AvgIpc) is 2.55. The topological polar surface area (TPSA) is 30.8 Å². The molecule has 1 aliphatic rings. The molecule has 3 heteroatoms. The predicted molar refractivity (Wildman–Crippen MR) is 81.3 cm³/mol. The van der Waals surface area contributed by atoms with Crippen LogP contribution < -0.4 is 0 Å². The molecule has 0 radical (unpaired) electrons. The van der Waals surface area contributed by atoms with E-state index in [-0.39, 0.29) is 0 Å². The Bertz CT molecular complexity index is 661. The van der Waals surface area contributed by atoms with E-state index in [1.54, 1.807) is 6.08 Å². The Balaban J connectivity index is 0.000000170. The summed E-state index contributed by atoms with van der Waals surface area (Å²) >= 11 is 0. The first-order valence-corrected chi connectivity index (χ1v) is 6.32. The van der Waals surface area contributed by atoms with E-state index in [1.165, 1.54) is 34.0 Å². The van der Waals surface area contributed by atoms with Crippen LogP contribution in [0.4, 0.5) is 0 Å². The monoisotopic (exact) mass is 263 g/mol. The molecule has 3 aromatic rings. The molecule has 0 fully saturated rings. The van der Waals surface area contributed by atoms with Crippen LogP contribution in [0.5, 0.6) is 0 Å². The maximum atomic E-state index is 4.19. The van der Waals surface area contributed by atoms with Crippen LogP contribution in [0.1, 0.15) is 0 Å². The highest BCUT2D eigenvalue weighted by Gasteiger charge is 1.95. The second kappa shape index (κ2) is 5.89. The summed E-state index contributed by atoms with van der Waals surface area (Å²) in [5, 5.41) is 8.49. The third-order valence-electron chi connectivity index (χ3n) is 2.98. The average molecular weight is 263 g/mol. The Labute approximate surface area is 116 Å². The van der Waals surface area contributed by atoms with Gasteiger partial charge in [-0.2, -0.15) is 4.99 Å². The first kappa shape index (κ1) is 12.2. The van der Waals surface area contributed by atoms with Crippen LogP contribution in [-0.4, -0.2) is 6.21 Å². The summed E-state index contributed by atoms with van der Waals surface area (Å²) in [6.07, 6.45) is 4.51. The fraction of sp³-hybridized carbons (Fsp3) is 0. The number of benzene rings is 3. The fourth-order valence-electron chi connectivity index (χ4n) is 2.06. The number of hydrogen-bond acceptors (Lipinski definition) is 3. The molecule has 0 bridgehead atoms. The quantitative estimate of drug-likeness (QED) is 0.443. The van der Waals surface area contributed by atoms with Crippen molar-refractivity contribution >= 4 is 27.8 Å². The number of oxime groups is 1. The van der Waals surface area contributed by atoms with Crippen molar-refractivity contribution in [2.75, 3.05) is 0 Å². The van der Waals surface area contributed by atoms with Crippen molar-refractivity contribution < 1.29 is 9.88 Å². The summed E-state index contributed by atoms with van der Waals surface area (Å²) in [6.45, 7) is 0. The van der Waals surface area contributed by atoms with E-state index in [2.05, 4.69) is 75.7 Å². The molecule has 98 valence electrons. The zero-order valence-corrected chi connectivity index (χ0v) is 10.8. The summed E-state index contributed by atoms with van der Waals surface area (Å²) < 4.78 is 0. The van der Waals surface area contributed by atoms with E-state index in [9.17, 15) is 0 Å². The first-order valence-electron chi connectivity index (χ1n) is 6.32. The lowest BCUT2D eigenvalue weighted by Crippen LogP contribution is -1.82. The van der Waals surface area contributed by atoms with Gasteiger partial charge in [0.15, 0.2) is 0 Å². The summed E-state index contributed by atoms with van der Waals surface area (Å²) in [5.74, 6) is 0. The molecule has 1 aliphatic heterocycles. The summed E-state index contributed by atoms with van der Waals surface area (Å²) in [6, 6.07) is 21.4. The lowest BCUT2D eigenvalue weighted by Gasteiger charge is -2.00. The minimum atomic E-state index is 1.31. The van der Waals surface area contributed by atoms with E-state index in [1.807, 2.05) is 0 Å². The van der Waals surface area contributed by atoms with Gasteiger partial charge < -0.3 is 0 Å². The van der Waals surface area contributed by atoms with E-state index in [0.29, 0.717) is 0 Å². The van der Waals surface area contributed by atoms with E-state index in [0.717, 1.165) is 0 Å². The molecule has 0 amide bonds. The van der Waals surface area contributed by atoms with Gasteiger partial charge in [-0.1, -0.05) is 48.5 Å². The van der Waals surface area contributed by atoms with Crippen molar-refractivity contribution in [1.82, 2.24) is 0 Å². The van der Waals surface area contributed by atoms with Gasteiger partial charge in [0.2, 0.25) is 0 Å². The molecule has 0 aromatic heterocycles. The van der Waals surface area contributed by atoms with Crippen molar-refractivity contribution in [2.45, 2.75) is 0 Å². The minimum Gasteiger partial charge on any atom is -0.275 e. The fourth-order valence-corrected chi connectivity index (χ4v) is 2.06. The van der Waals surface area contributed by atoms with E-state index in [4.69, 9.17) is 0 Å². The summed E-state index contributed by atoms with van der Waals surface area (Å²) in [4.78, 5) is 8.24. The zero-order valence-electron chi connectivity index (χ0n) is 10.8. The molecular weight excluding hydrogens is 250 g/mol. The van der Waals surface area contributed by atoms with Crippen molar-refractivity contribution in [3.8, 4) is 0 Å². The van der Waals surface area contributed by atoms with Crippen LogP contribution in [0, 0.1) is 0 Å². The van der Waals surface area contributed by atoms with Gasteiger partial charge in [0.1, 0.15) is 6.26 Å². The molecule has 0 spiro atoms. The highest BCUT2D eigenvalue weighted by atomic mass is 17.3. The smallest absolute Gasteiger partial charge is 0.147 e. The second-order valence-electron chi connectivity index (χ2n) is 4.30. The molecule has 0 saturated carbocycles. The minimum absolute atomic E-state index is 1.31. The predicted octanol–water partition coefficient (Wildman–Crippen LogP) is 4.44. The highest BCUT2D eigenvalue weighted by Crippen LogP contribution is 2.21. The van der Waals surface area contributed by atoms with Crippen molar-refractivity contribution in [3.05, 3.63) is 73.0 Å². The summed E-state index contributed by atoms with van der Waals surface area (Å²) in [7, 11) is 0. The number of hydrogen-bond donors (Lipinski definition) is 0. The van der Waals surface area contributed by atoms with Crippen LogP contribution in [0.3, 0.4) is 0 Å². The Morgan fingerprint density at radius 3 is 1.45 bits per heavy atom. The third-order valence-corrected chi connectivity index (χ3v) is 2.98. The lowest BCUT2D eigenvalue weighted by atomic mass is 10.0. The van der Waals surface area contributed by atoms with Crippen LogP contribution in [0.2, 0.25) is 0 Å². The maximum Gasteiger partial charge on any atom is 0.147 e. The molecule has 1 heterocycles. The van der Waals surface area contributed by atoms with E-state index >= 15 is 0 Å². The molecule has 0 saturated heterocycles. The van der Waals surface area contributed by atoms with Gasteiger partial charge in [-0.15, -0.1) is 0 Å². The largest absolute Gasteiger partial charge is 0.275 e. The maximum absolute atomic E-state index is 4.19. The second-order valence-corrected chi connectivity index (χ2v) is 4.30. The molecule has 0 atom stereocenters. The Morgan fingerprint density at radius 1 is 0.700 bits per heavy atom. The molecule has 3 nitrogen and oxygen atoms in total. The van der Waals surface area contributed by atoms with Crippen LogP contribution in [0.25, 0.3) is 21.5 Å². The van der Waals surface area contributed by atoms with Crippen molar-refractivity contribution in [2.24, 2.45) is 5.16 Å². The highest BCUT2D eigenvalue weighted by molar-refractivity contribution is 5.98. The molecule has 0 unspecified atom stereocenters. The van der Waals surface area contributed by atoms with Gasteiger partial charge in [-0.3, -0.25) is 4.89 Å². The molecular formula is C17H13NO2. The van der Waals surface area contributed by atoms with Gasteiger partial charge in [-0.25, -0.2) is 0 Å². The summed E-state index contributed by atoms with van der Waals surface area (Å²) in [5.41, 5.74) is 0. The zero-order chi connectivity index (χ0) is 13.6. The molecule has 20 heavy (non-hydrogen) atoms. The van der Waals surface area contributed by atoms with Crippen LogP contribution in [0.15, 0.2) is 78.2 Å². The Morgan fingerprint density at radius 2 is 1.20 bits per heavy atom. The first-order chi connectivity index (χ1) is 9.93. The molecule has 0 N–H and O–H groups in total. The number of fused-ring (bicyclic) bond motifs is 2. The number of nitrogens with zero attached hydrogens (tertiary/aromatic N) is 1. The van der Waals surface area contributed by atoms with Crippen LogP contribution >= 0.6 is 0 Å². The number of allylic oxidation sites excluding steroid dienone is 1.